The van der Waals surface area contributed by atoms with Crippen molar-refractivity contribution in [2.75, 3.05) is 0 Å². The quantitative estimate of drug-likeness (QED) is 0.748. The minimum Gasteiger partial charge on any atom is -0.516 e. The molecule has 0 aliphatic rings. The fourth-order valence-electron chi connectivity index (χ4n) is 0.844. The third-order valence-electron chi connectivity index (χ3n) is 1.40. The maximum absolute atomic E-state index is 8.42. The van der Waals surface area contributed by atoms with Gasteiger partial charge in [-0.15, -0.1) is 0 Å². The molecule has 0 fully saturated rings. The molecule has 0 bridgehead atoms. The van der Waals surface area contributed by atoms with Crippen LogP contribution in [0.5, 0.6) is 0 Å². The van der Waals surface area contributed by atoms with Crippen LogP contribution in [0.1, 0.15) is 5.56 Å². The molecule has 0 atom stereocenters. The van der Waals surface area contributed by atoms with Crippen LogP contribution in [0.3, 0.4) is 0 Å². The molecule has 11 heavy (non-hydrogen) atoms. The minimum absolute atomic E-state index is 0.762. The highest BCUT2D eigenvalue weighted by Gasteiger charge is 1.93. The van der Waals surface area contributed by atoms with Gasteiger partial charge in [-0.1, -0.05) is 34.1 Å². The minimum atomic E-state index is 0.762. The average molecular weight is 213 g/mol. The first kappa shape index (κ1) is 8.34. The summed E-state index contributed by atoms with van der Waals surface area (Å²) in [4.78, 5) is 0. The van der Waals surface area contributed by atoms with E-state index in [-0.39, 0.29) is 0 Å². The number of allylic oxidation sites excluding steroid dienone is 1. The topological polar surface area (TPSA) is 20.2 Å². The standard InChI is InChI=1S/C9H9BrO/c10-9-6-2-1-4-8(9)5-3-7-11/h1-4,6-7,11H,5H2. The lowest BCUT2D eigenvalue weighted by Crippen LogP contribution is -1.81. The van der Waals surface area contributed by atoms with Crippen LogP contribution in [-0.4, -0.2) is 5.11 Å². The van der Waals surface area contributed by atoms with Crippen LogP contribution in [0.25, 0.3) is 0 Å². The first-order valence-corrected chi connectivity index (χ1v) is 4.16. The third-order valence-corrected chi connectivity index (χ3v) is 2.17. The van der Waals surface area contributed by atoms with Crippen molar-refractivity contribution in [2.45, 2.75) is 6.42 Å². The van der Waals surface area contributed by atoms with Gasteiger partial charge >= 0.3 is 0 Å². The molecule has 1 rings (SSSR count). The molecule has 0 aliphatic carbocycles. The Morgan fingerprint density at radius 3 is 2.73 bits per heavy atom. The molecule has 0 aromatic heterocycles. The molecular weight excluding hydrogens is 204 g/mol. The second-order valence-corrected chi connectivity index (χ2v) is 3.03. The van der Waals surface area contributed by atoms with Gasteiger partial charge < -0.3 is 5.11 Å². The molecule has 1 aromatic carbocycles. The van der Waals surface area contributed by atoms with E-state index in [0.29, 0.717) is 0 Å². The molecule has 2 heteroatoms. The first-order chi connectivity index (χ1) is 5.34. The van der Waals surface area contributed by atoms with Crippen molar-refractivity contribution in [2.24, 2.45) is 0 Å². The molecule has 1 N–H and O–H groups in total. The monoisotopic (exact) mass is 212 g/mol. The fourth-order valence-corrected chi connectivity index (χ4v) is 1.29. The van der Waals surface area contributed by atoms with E-state index in [9.17, 15) is 0 Å². The lowest BCUT2D eigenvalue weighted by Gasteiger charge is -1.97. The number of halogens is 1. The van der Waals surface area contributed by atoms with Crippen molar-refractivity contribution in [1.29, 1.82) is 0 Å². The van der Waals surface area contributed by atoms with Crippen LogP contribution in [0, 0.1) is 0 Å². The first-order valence-electron chi connectivity index (χ1n) is 3.37. The van der Waals surface area contributed by atoms with Crippen molar-refractivity contribution in [3.63, 3.8) is 0 Å². The van der Waals surface area contributed by atoms with E-state index in [4.69, 9.17) is 5.11 Å². The SMILES string of the molecule is OC=CCc1ccccc1Br. The Kier molecular flexibility index (Phi) is 3.17. The van der Waals surface area contributed by atoms with Crippen LogP contribution in [0.2, 0.25) is 0 Å². The molecule has 0 saturated carbocycles. The van der Waals surface area contributed by atoms with E-state index in [1.807, 2.05) is 24.3 Å². The molecule has 1 aromatic rings. The third kappa shape index (κ3) is 2.39. The van der Waals surface area contributed by atoms with E-state index in [1.165, 1.54) is 5.56 Å². The highest BCUT2D eigenvalue weighted by atomic mass is 79.9. The van der Waals surface area contributed by atoms with Gasteiger partial charge in [-0.25, -0.2) is 0 Å². The predicted molar refractivity (Wildman–Crippen MR) is 49.6 cm³/mol. The molecule has 0 heterocycles. The summed E-state index contributed by atoms with van der Waals surface area (Å²) in [7, 11) is 0. The highest BCUT2D eigenvalue weighted by Crippen LogP contribution is 2.16. The molecule has 0 unspecified atom stereocenters. The van der Waals surface area contributed by atoms with Gasteiger partial charge in [-0.3, -0.25) is 0 Å². The molecule has 1 nitrogen and oxygen atoms in total. The Morgan fingerprint density at radius 1 is 1.36 bits per heavy atom. The summed E-state index contributed by atoms with van der Waals surface area (Å²) < 4.78 is 1.08. The maximum Gasteiger partial charge on any atom is 0.0755 e. The van der Waals surface area contributed by atoms with Gasteiger partial charge in [0.1, 0.15) is 0 Å². The summed E-state index contributed by atoms with van der Waals surface area (Å²) in [6.07, 6.45) is 3.54. The lowest BCUT2D eigenvalue weighted by atomic mass is 10.1. The predicted octanol–water partition coefficient (Wildman–Crippen LogP) is 3.06. The number of benzene rings is 1. The summed E-state index contributed by atoms with van der Waals surface area (Å²) in [6.45, 7) is 0. The summed E-state index contributed by atoms with van der Waals surface area (Å²) in [5.74, 6) is 0. The zero-order chi connectivity index (χ0) is 8.10. The smallest absolute Gasteiger partial charge is 0.0755 e. The maximum atomic E-state index is 8.42. The molecule has 0 spiro atoms. The Labute approximate surface area is 74.5 Å². The van der Waals surface area contributed by atoms with Crippen LogP contribution in [-0.2, 0) is 6.42 Å². The van der Waals surface area contributed by atoms with Crippen molar-refractivity contribution in [3.8, 4) is 0 Å². The number of aliphatic hydroxyl groups excluding tert-OH is 1. The van der Waals surface area contributed by atoms with Crippen molar-refractivity contribution in [3.05, 3.63) is 46.6 Å². The average Bonchev–Trinajstić information content (AvgIpc) is 2.03. The van der Waals surface area contributed by atoms with Crippen molar-refractivity contribution in [1.82, 2.24) is 0 Å². The van der Waals surface area contributed by atoms with Gasteiger partial charge in [0, 0.05) is 4.47 Å². The van der Waals surface area contributed by atoms with Gasteiger partial charge in [0.15, 0.2) is 0 Å². The second-order valence-electron chi connectivity index (χ2n) is 2.18. The number of rotatable bonds is 2. The molecule has 58 valence electrons. The van der Waals surface area contributed by atoms with E-state index in [1.54, 1.807) is 6.08 Å². The highest BCUT2D eigenvalue weighted by molar-refractivity contribution is 9.10. The largest absolute Gasteiger partial charge is 0.516 e. The number of hydrogen-bond acceptors (Lipinski definition) is 1. The number of aliphatic hydroxyl groups is 1. The zero-order valence-corrected chi connectivity index (χ0v) is 7.58. The van der Waals surface area contributed by atoms with Crippen LogP contribution in [0.15, 0.2) is 41.1 Å². The fraction of sp³-hybridized carbons (Fsp3) is 0.111. The van der Waals surface area contributed by atoms with Crippen molar-refractivity contribution < 1.29 is 5.11 Å². The van der Waals surface area contributed by atoms with E-state index >= 15 is 0 Å². The molecule has 0 aliphatic heterocycles. The Bertz CT molecular complexity index is 255. The summed E-state index contributed by atoms with van der Waals surface area (Å²) in [5, 5.41) is 8.42. The summed E-state index contributed by atoms with van der Waals surface area (Å²) in [5.41, 5.74) is 1.18. The van der Waals surface area contributed by atoms with Crippen LogP contribution >= 0.6 is 15.9 Å². The second kappa shape index (κ2) is 4.19. The van der Waals surface area contributed by atoms with E-state index < -0.39 is 0 Å². The molecule has 0 radical (unpaired) electrons. The Balaban J connectivity index is 2.77. The van der Waals surface area contributed by atoms with Gasteiger partial charge in [-0.05, 0) is 24.1 Å². The van der Waals surface area contributed by atoms with Crippen LogP contribution < -0.4 is 0 Å². The normalized spacial score (nSPS) is 10.6. The zero-order valence-electron chi connectivity index (χ0n) is 6.00. The van der Waals surface area contributed by atoms with Gasteiger partial charge in [-0.2, -0.15) is 0 Å². The van der Waals surface area contributed by atoms with Gasteiger partial charge in [0.2, 0.25) is 0 Å². The van der Waals surface area contributed by atoms with Crippen molar-refractivity contribution >= 4 is 15.9 Å². The summed E-state index contributed by atoms with van der Waals surface area (Å²) in [6, 6.07) is 7.95. The van der Waals surface area contributed by atoms with Crippen LogP contribution in [0.4, 0.5) is 0 Å². The van der Waals surface area contributed by atoms with E-state index in [2.05, 4.69) is 15.9 Å². The summed E-state index contributed by atoms with van der Waals surface area (Å²) >= 11 is 3.41. The Hall–Kier alpha value is -0.760. The molecule has 0 saturated heterocycles. The Morgan fingerprint density at radius 2 is 2.09 bits per heavy atom. The lowest BCUT2D eigenvalue weighted by molar-refractivity contribution is 0.471. The van der Waals surface area contributed by atoms with Gasteiger partial charge in [0.25, 0.3) is 0 Å². The van der Waals surface area contributed by atoms with E-state index in [0.717, 1.165) is 17.2 Å². The molecular formula is C9H9BrO. The number of hydrogen-bond donors (Lipinski definition) is 1. The molecule has 0 amide bonds. The van der Waals surface area contributed by atoms with Gasteiger partial charge in [0.05, 0.1) is 6.26 Å².